The number of carbonyl (C=O) groups is 1. The normalized spacial score (nSPS) is 15.8. The van der Waals surface area contributed by atoms with Crippen LogP contribution in [0.4, 0.5) is 11.6 Å². The fraction of sp³-hybridized carbons (Fsp3) is 0.643. The first-order valence-electron chi connectivity index (χ1n) is 7.31. The molecule has 0 aliphatic carbocycles. The third-order valence-electron chi connectivity index (χ3n) is 3.50. The van der Waals surface area contributed by atoms with E-state index >= 15 is 0 Å². The molecule has 0 spiro atoms. The number of carbonyl (C=O) groups excluding carboxylic acids is 1. The van der Waals surface area contributed by atoms with Gasteiger partial charge in [0, 0.05) is 45.7 Å². The van der Waals surface area contributed by atoms with Crippen LogP contribution in [0.25, 0.3) is 0 Å². The van der Waals surface area contributed by atoms with E-state index in [2.05, 4.69) is 27.1 Å². The van der Waals surface area contributed by atoms with Crippen molar-refractivity contribution in [3.8, 4) is 0 Å². The lowest BCUT2D eigenvalue weighted by molar-refractivity contribution is -0.128. The molecule has 0 radical (unpaired) electrons. The monoisotopic (exact) mass is 309 g/mol. The SMILES string of the molecule is CCNc1cc(N2CCCN(C(C)=O)CC2)nc(SC)n1. The van der Waals surface area contributed by atoms with Crippen LogP contribution in [0, 0.1) is 0 Å². The molecule has 7 heteroatoms. The molecule has 1 saturated heterocycles. The summed E-state index contributed by atoms with van der Waals surface area (Å²) in [6.07, 6.45) is 2.95. The van der Waals surface area contributed by atoms with Crippen molar-refractivity contribution < 1.29 is 4.79 Å². The molecule has 0 unspecified atom stereocenters. The number of amides is 1. The van der Waals surface area contributed by atoms with Crippen LogP contribution in [0.3, 0.4) is 0 Å². The van der Waals surface area contributed by atoms with E-state index in [4.69, 9.17) is 0 Å². The van der Waals surface area contributed by atoms with Crippen LogP contribution in [-0.2, 0) is 4.79 Å². The summed E-state index contributed by atoms with van der Waals surface area (Å²) in [6.45, 7) is 7.84. The van der Waals surface area contributed by atoms with Gasteiger partial charge in [-0.05, 0) is 19.6 Å². The van der Waals surface area contributed by atoms with Gasteiger partial charge >= 0.3 is 0 Å². The third-order valence-corrected chi connectivity index (χ3v) is 4.05. The lowest BCUT2D eigenvalue weighted by Crippen LogP contribution is -2.34. The molecule has 2 rings (SSSR count). The van der Waals surface area contributed by atoms with Crippen molar-refractivity contribution in [3.05, 3.63) is 6.07 Å². The van der Waals surface area contributed by atoms with Crippen LogP contribution >= 0.6 is 11.8 Å². The van der Waals surface area contributed by atoms with Gasteiger partial charge in [0.1, 0.15) is 11.6 Å². The van der Waals surface area contributed by atoms with Gasteiger partial charge in [0.05, 0.1) is 0 Å². The number of aromatic nitrogens is 2. The summed E-state index contributed by atoms with van der Waals surface area (Å²) in [6, 6.07) is 1.99. The first-order valence-corrected chi connectivity index (χ1v) is 8.54. The number of thioether (sulfide) groups is 1. The van der Waals surface area contributed by atoms with Gasteiger partial charge in [0.25, 0.3) is 0 Å². The van der Waals surface area contributed by atoms with Gasteiger partial charge in [0.15, 0.2) is 5.16 Å². The molecule has 1 aliphatic rings. The summed E-state index contributed by atoms with van der Waals surface area (Å²) in [7, 11) is 0. The van der Waals surface area contributed by atoms with Crippen molar-refractivity contribution in [1.29, 1.82) is 0 Å². The molecule has 21 heavy (non-hydrogen) atoms. The first kappa shape index (κ1) is 15.9. The Kier molecular flexibility index (Phi) is 5.67. The van der Waals surface area contributed by atoms with Crippen molar-refractivity contribution in [2.45, 2.75) is 25.4 Å². The molecule has 1 fully saturated rings. The fourth-order valence-corrected chi connectivity index (χ4v) is 2.77. The van der Waals surface area contributed by atoms with E-state index < -0.39 is 0 Å². The Bertz CT molecular complexity index is 496. The maximum absolute atomic E-state index is 11.5. The third kappa shape index (κ3) is 4.23. The smallest absolute Gasteiger partial charge is 0.219 e. The first-order chi connectivity index (χ1) is 10.1. The van der Waals surface area contributed by atoms with Gasteiger partial charge in [-0.1, -0.05) is 11.8 Å². The minimum absolute atomic E-state index is 0.151. The standard InChI is InChI=1S/C14H23N5OS/c1-4-15-12-10-13(17-14(16-12)21-3)19-7-5-6-18(8-9-19)11(2)20/h10H,4-9H2,1-3H3,(H,15,16,17). The van der Waals surface area contributed by atoms with Crippen LogP contribution in [0.5, 0.6) is 0 Å². The van der Waals surface area contributed by atoms with Gasteiger partial charge < -0.3 is 15.1 Å². The van der Waals surface area contributed by atoms with E-state index in [1.807, 2.05) is 17.2 Å². The number of rotatable bonds is 4. The van der Waals surface area contributed by atoms with Gasteiger partial charge in [-0.15, -0.1) is 0 Å². The number of nitrogens with zero attached hydrogens (tertiary/aromatic N) is 4. The maximum atomic E-state index is 11.5. The Morgan fingerprint density at radius 2 is 2.14 bits per heavy atom. The molecule has 1 aromatic rings. The van der Waals surface area contributed by atoms with Gasteiger partial charge in [-0.25, -0.2) is 9.97 Å². The highest BCUT2D eigenvalue weighted by Crippen LogP contribution is 2.21. The van der Waals surface area contributed by atoms with E-state index in [0.717, 1.165) is 55.9 Å². The highest BCUT2D eigenvalue weighted by molar-refractivity contribution is 7.98. The maximum Gasteiger partial charge on any atom is 0.219 e. The molecule has 1 amide bonds. The van der Waals surface area contributed by atoms with Crippen LogP contribution < -0.4 is 10.2 Å². The number of hydrogen-bond acceptors (Lipinski definition) is 6. The molecule has 0 saturated carbocycles. The Morgan fingerprint density at radius 1 is 1.33 bits per heavy atom. The molecule has 6 nitrogen and oxygen atoms in total. The van der Waals surface area contributed by atoms with Crippen molar-refractivity contribution in [2.24, 2.45) is 0 Å². The predicted octanol–water partition coefficient (Wildman–Crippen LogP) is 1.69. The number of nitrogens with one attached hydrogen (secondary N) is 1. The number of hydrogen-bond donors (Lipinski definition) is 1. The summed E-state index contributed by atoms with van der Waals surface area (Å²) in [5.41, 5.74) is 0. The van der Waals surface area contributed by atoms with Crippen molar-refractivity contribution in [3.63, 3.8) is 0 Å². The van der Waals surface area contributed by atoms with Crippen molar-refractivity contribution in [2.75, 3.05) is 49.2 Å². The highest BCUT2D eigenvalue weighted by Gasteiger charge is 2.18. The summed E-state index contributed by atoms with van der Waals surface area (Å²) in [5, 5.41) is 4.02. The van der Waals surface area contributed by atoms with E-state index in [9.17, 15) is 4.79 Å². The molecular weight excluding hydrogens is 286 g/mol. The van der Waals surface area contributed by atoms with E-state index in [1.165, 1.54) is 0 Å². The molecule has 0 atom stereocenters. The summed E-state index contributed by atoms with van der Waals surface area (Å²) in [5.74, 6) is 1.95. The highest BCUT2D eigenvalue weighted by atomic mass is 32.2. The molecule has 0 aromatic carbocycles. The second-order valence-corrected chi connectivity index (χ2v) is 5.75. The average molecular weight is 309 g/mol. The molecule has 1 aliphatic heterocycles. The lowest BCUT2D eigenvalue weighted by Gasteiger charge is -2.23. The van der Waals surface area contributed by atoms with Crippen LogP contribution in [-0.4, -0.2) is 59.8 Å². The lowest BCUT2D eigenvalue weighted by atomic mass is 10.3. The summed E-state index contributed by atoms with van der Waals surface area (Å²) >= 11 is 1.54. The summed E-state index contributed by atoms with van der Waals surface area (Å²) < 4.78 is 0. The summed E-state index contributed by atoms with van der Waals surface area (Å²) in [4.78, 5) is 24.7. The zero-order valence-electron chi connectivity index (χ0n) is 12.9. The topological polar surface area (TPSA) is 61.4 Å². The molecule has 1 N–H and O–H groups in total. The van der Waals surface area contributed by atoms with E-state index in [-0.39, 0.29) is 5.91 Å². The van der Waals surface area contributed by atoms with Crippen LogP contribution in [0.15, 0.2) is 11.2 Å². The van der Waals surface area contributed by atoms with Gasteiger partial charge in [0.2, 0.25) is 5.91 Å². The quantitative estimate of drug-likeness (QED) is 0.674. The average Bonchev–Trinajstić information content (AvgIpc) is 2.73. The Balaban J connectivity index is 2.16. The van der Waals surface area contributed by atoms with Crippen molar-refractivity contribution in [1.82, 2.24) is 14.9 Å². The molecule has 116 valence electrons. The van der Waals surface area contributed by atoms with Crippen LogP contribution in [0.1, 0.15) is 20.3 Å². The number of anilines is 2. The Hall–Kier alpha value is -1.50. The van der Waals surface area contributed by atoms with E-state index in [0.29, 0.717) is 0 Å². The predicted molar refractivity (Wildman–Crippen MR) is 87.1 cm³/mol. The fourth-order valence-electron chi connectivity index (χ4n) is 2.40. The Labute approximate surface area is 130 Å². The largest absolute Gasteiger partial charge is 0.370 e. The zero-order chi connectivity index (χ0) is 15.2. The zero-order valence-corrected chi connectivity index (χ0v) is 13.7. The minimum atomic E-state index is 0.151. The minimum Gasteiger partial charge on any atom is -0.370 e. The second-order valence-electron chi connectivity index (χ2n) is 4.98. The second kappa shape index (κ2) is 7.49. The van der Waals surface area contributed by atoms with Gasteiger partial charge in [-0.2, -0.15) is 0 Å². The molecule has 0 bridgehead atoms. The van der Waals surface area contributed by atoms with Crippen molar-refractivity contribution >= 4 is 29.3 Å². The molecule has 2 heterocycles. The van der Waals surface area contributed by atoms with Gasteiger partial charge in [-0.3, -0.25) is 4.79 Å². The van der Waals surface area contributed by atoms with E-state index in [1.54, 1.807) is 18.7 Å². The molecular formula is C14H23N5OS. The Morgan fingerprint density at radius 3 is 2.81 bits per heavy atom. The molecule has 1 aromatic heterocycles. The van der Waals surface area contributed by atoms with Crippen LogP contribution in [0.2, 0.25) is 0 Å².